The Balaban J connectivity index is 0.000000225. The minimum absolute atomic E-state index is 0.126. The van der Waals surface area contributed by atoms with Crippen molar-refractivity contribution < 1.29 is 14.2 Å². The zero-order valence-corrected chi connectivity index (χ0v) is 18.8. The average Bonchev–Trinajstić information content (AvgIpc) is 2.66. The van der Waals surface area contributed by atoms with Crippen LogP contribution in [0.5, 0.6) is 0 Å². The zero-order valence-electron chi connectivity index (χ0n) is 18.8. The third kappa shape index (κ3) is 10.2. The van der Waals surface area contributed by atoms with Crippen molar-refractivity contribution in [3.8, 4) is 0 Å². The van der Waals surface area contributed by atoms with Gasteiger partial charge in [0.2, 0.25) is 0 Å². The first-order chi connectivity index (χ1) is 14.2. The van der Waals surface area contributed by atoms with Gasteiger partial charge in [0.25, 0.3) is 0 Å². The van der Waals surface area contributed by atoms with Crippen molar-refractivity contribution in [3.05, 3.63) is 14.7 Å². The summed E-state index contributed by atoms with van der Waals surface area (Å²) in [5, 5.41) is 13.1. The summed E-state index contributed by atoms with van der Waals surface area (Å²) >= 11 is 0. The molecule has 3 rings (SSSR count). The van der Waals surface area contributed by atoms with Crippen LogP contribution in [-0.4, -0.2) is 90.9 Å². The first-order valence-corrected chi connectivity index (χ1v) is 10.4. The Labute approximate surface area is 178 Å². The quantitative estimate of drug-likeness (QED) is 0.617. The lowest BCUT2D eigenvalue weighted by Crippen LogP contribution is -2.42. The number of rotatable bonds is 3. The number of hydrogen-bond donors (Lipinski definition) is 0. The number of hydrogen-bond acceptors (Lipinski definition) is 9. The van der Waals surface area contributed by atoms with Gasteiger partial charge in [0.15, 0.2) is 0 Å². The molecule has 0 radical (unpaired) electrons. The van der Waals surface area contributed by atoms with Crippen molar-refractivity contribution in [2.24, 2.45) is 15.9 Å². The second kappa shape index (κ2) is 13.4. The molecule has 0 aromatic carbocycles. The third-order valence-electron chi connectivity index (χ3n) is 4.55. The van der Waals surface area contributed by atoms with E-state index >= 15 is 0 Å². The normalized spacial score (nSPS) is 34.0. The average molecular weight is 433 g/mol. The van der Waals surface area contributed by atoms with Gasteiger partial charge in [-0.2, -0.15) is 0 Å². The topological polar surface area (TPSA) is 126 Å². The van der Waals surface area contributed by atoms with Gasteiger partial charge in [-0.15, -0.1) is 14.7 Å². The molecule has 3 aliphatic rings. The van der Waals surface area contributed by atoms with E-state index in [1.165, 1.54) is 15.0 Å². The Bertz CT molecular complexity index is 428. The molecule has 0 unspecified atom stereocenters. The van der Waals surface area contributed by atoms with Gasteiger partial charge in [-0.25, -0.2) is 0 Å². The minimum Gasteiger partial charge on any atom is -0.372 e. The fourth-order valence-electron chi connectivity index (χ4n) is 3.65. The van der Waals surface area contributed by atoms with Crippen LogP contribution in [0, 0.1) is 14.7 Å². The van der Waals surface area contributed by atoms with Crippen LogP contribution in [0.3, 0.4) is 0 Å². The maximum Gasteiger partial charge on any atom is 0.0744 e. The van der Waals surface area contributed by atoms with E-state index in [-0.39, 0.29) is 36.6 Å². The maximum atomic E-state index is 10.1. The predicted octanol–water partition coefficient (Wildman–Crippen LogP) is 2.33. The summed E-state index contributed by atoms with van der Waals surface area (Å²) in [6.45, 7) is 15.3. The van der Waals surface area contributed by atoms with Crippen LogP contribution in [0.25, 0.3) is 0 Å². The second-order valence-electron chi connectivity index (χ2n) is 8.13. The molecule has 12 nitrogen and oxygen atoms in total. The molecule has 6 atom stereocenters. The standard InChI is InChI=1S/3C6H12N2O2/c3*1-5-3-8(7-9)4-6(2)10-5/h3*5-6H,3-4H2,1-2H3/t2*5-,6+;5-,6-/m..1/s1. The molecule has 0 aromatic rings. The summed E-state index contributed by atoms with van der Waals surface area (Å²) in [6, 6.07) is 0. The Morgan fingerprint density at radius 1 is 0.467 bits per heavy atom. The molecule has 0 aliphatic carbocycles. The van der Waals surface area contributed by atoms with Crippen molar-refractivity contribution in [2.75, 3.05) is 39.3 Å². The lowest BCUT2D eigenvalue weighted by atomic mass is 10.3. The van der Waals surface area contributed by atoms with Gasteiger partial charge in [0.1, 0.15) is 0 Å². The van der Waals surface area contributed by atoms with Gasteiger partial charge in [0, 0.05) is 0 Å². The predicted molar refractivity (Wildman–Crippen MR) is 112 cm³/mol. The van der Waals surface area contributed by atoms with Crippen molar-refractivity contribution in [3.63, 3.8) is 0 Å². The van der Waals surface area contributed by atoms with Gasteiger partial charge < -0.3 is 14.2 Å². The number of nitrogens with zero attached hydrogens (tertiary/aromatic N) is 6. The van der Waals surface area contributed by atoms with Crippen LogP contribution in [-0.2, 0) is 14.2 Å². The Morgan fingerprint density at radius 3 is 0.767 bits per heavy atom. The van der Waals surface area contributed by atoms with Gasteiger partial charge in [-0.05, 0) is 41.5 Å². The molecule has 30 heavy (non-hydrogen) atoms. The summed E-state index contributed by atoms with van der Waals surface area (Å²) in [7, 11) is 0. The number of nitroso groups, excluding NO2 is 3. The molecule has 174 valence electrons. The van der Waals surface area contributed by atoms with Crippen LogP contribution in [0.1, 0.15) is 41.5 Å². The Morgan fingerprint density at radius 2 is 0.633 bits per heavy atom. The molecule has 0 saturated carbocycles. The lowest BCUT2D eigenvalue weighted by molar-refractivity contribution is -0.0682. The van der Waals surface area contributed by atoms with E-state index in [9.17, 15) is 14.7 Å². The number of morpholine rings is 3. The molecular formula is C18H36N6O6. The van der Waals surface area contributed by atoms with E-state index in [1.807, 2.05) is 41.5 Å². The SMILES string of the molecule is C[C@@H]1CN(N=O)C[C@@H](C)O1.C[C@@H]1CN(N=O)C[C@H](C)O1.C[C@@H]1CN(N=O)C[C@H](C)O1. The fourth-order valence-corrected chi connectivity index (χ4v) is 3.65. The summed E-state index contributed by atoms with van der Waals surface area (Å²) in [4.78, 5) is 30.2. The second-order valence-corrected chi connectivity index (χ2v) is 8.13. The van der Waals surface area contributed by atoms with Crippen molar-refractivity contribution >= 4 is 0 Å². The van der Waals surface area contributed by atoms with E-state index in [4.69, 9.17) is 14.2 Å². The smallest absolute Gasteiger partial charge is 0.0744 e. The van der Waals surface area contributed by atoms with Crippen molar-refractivity contribution in [1.82, 2.24) is 15.0 Å². The molecular weight excluding hydrogens is 396 g/mol. The van der Waals surface area contributed by atoms with Crippen molar-refractivity contribution in [2.45, 2.75) is 78.2 Å². The molecule has 3 heterocycles. The lowest BCUT2D eigenvalue weighted by Gasteiger charge is -2.30. The Kier molecular flexibility index (Phi) is 11.7. The molecule has 0 bridgehead atoms. The van der Waals surface area contributed by atoms with Gasteiger partial charge >= 0.3 is 0 Å². The van der Waals surface area contributed by atoms with Crippen LogP contribution < -0.4 is 0 Å². The Hall–Kier alpha value is -1.92. The van der Waals surface area contributed by atoms with E-state index in [0.717, 1.165) is 0 Å². The fraction of sp³-hybridized carbons (Fsp3) is 1.00. The monoisotopic (exact) mass is 432 g/mol. The highest BCUT2D eigenvalue weighted by Gasteiger charge is 2.22. The maximum absolute atomic E-state index is 10.1. The summed E-state index contributed by atoms with van der Waals surface area (Å²) in [5.74, 6) is 0. The van der Waals surface area contributed by atoms with Crippen LogP contribution in [0.2, 0.25) is 0 Å². The molecule has 3 aliphatic heterocycles. The summed E-state index contributed by atoms with van der Waals surface area (Å²) in [6.07, 6.45) is 0.758. The molecule has 0 spiro atoms. The van der Waals surface area contributed by atoms with E-state index in [1.54, 1.807) is 0 Å². The number of ether oxygens (including phenoxy) is 3. The molecule has 3 fully saturated rings. The molecule has 3 saturated heterocycles. The first kappa shape index (κ1) is 26.1. The summed E-state index contributed by atoms with van der Waals surface area (Å²) in [5.41, 5.74) is 0. The van der Waals surface area contributed by atoms with Crippen LogP contribution in [0.4, 0.5) is 0 Å². The highest BCUT2D eigenvalue weighted by Crippen LogP contribution is 2.11. The minimum atomic E-state index is 0.126. The summed E-state index contributed by atoms with van der Waals surface area (Å²) < 4.78 is 16.1. The highest BCUT2D eigenvalue weighted by atomic mass is 16.5. The highest BCUT2D eigenvalue weighted by molar-refractivity contribution is 4.71. The van der Waals surface area contributed by atoms with Gasteiger partial charge in [0.05, 0.1) is 91.7 Å². The third-order valence-corrected chi connectivity index (χ3v) is 4.55. The molecule has 0 N–H and O–H groups in total. The van der Waals surface area contributed by atoms with E-state index < -0.39 is 0 Å². The van der Waals surface area contributed by atoms with Crippen molar-refractivity contribution in [1.29, 1.82) is 0 Å². The first-order valence-electron chi connectivity index (χ1n) is 10.4. The zero-order chi connectivity index (χ0) is 22.7. The largest absolute Gasteiger partial charge is 0.372 e. The van der Waals surface area contributed by atoms with Crippen LogP contribution in [0.15, 0.2) is 15.9 Å². The molecule has 12 heteroatoms. The molecule has 0 amide bonds. The molecule has 0 aromatic heterocycles. The van der Waals surface area contributed by atoms with Gasteiger partial charge in [-0.3, -0.25) is 15.0 Å². The van der Waals surface area contributed by atoms with E-state index in [0.29, 0.717) is 39.3 Å². The van der Waals surface area contributed by atoms with Gasteiger partial charge in [-0.1, -0.05) is 0 Å². The van der Waals surface area contributed by atoms with E-state index in [2.05, 4.69) is 15.9 Å². The van der Waals surface area contributed by atoms with Crippen LogP contribution >= 0.6 is 0 Å².